The summed E-state index contributed by atoms with van der Waals surface area (Å²) in [7, 11) is 1.71. The van der Waals surface area contributed by atoms with Crippen molar-refractivity contribution in [3.8, 4) is 5.75 Å². The molecule has 17 heavy (non-hydrogen) atoms. The predicted molar refractivity (Wildman–Crippen MR) is 74.5 cm³/mol. The lowest BCUT2D eigenvalue weighted by Crippen LogP contribution is -2.23. The van der Waals surface area contributed by atoms with Crippen LogP contribution in [0.4, 0.5) is 0 Å². The Kier molecular flexibility index (Phi) is 5.78. The molecule has 1 aromatic carbocycles. The van der Waals surface area contributed by atoms with Crippen LogP contribution in [0.3, 0.4) is 0 Å². The van der Waals surface area contributed by atoms with Gasteiger partial charge in [0, 0.05) is 11.6 Å². The molecular weight excluding hydrogens is 210 g/mol. The van der Waals surface area contributed by atoms with Gasteiger partial charge in [-0.25, -0.2) is 0 Å². The first-order chi connectivity index (χ1) is 8.13. The Bertz CT molecular complexity index is 369. The average Bonchev–Trinajstić information content (AvgIpc) is 2.28. The van der Waals surface area contributed by atoms with Gasteiger partial charge in [-0.2, -0.15) is 0 Å². The molecule has 1 rings (SSSR count). The molecule has 0 saturated heterocycles. The molecule has 0 aliphatic rings. The average molecular weight is 233 g/mol. The molecule has 2 nitrogen and oxygen atoms in total. The number of rotatable bonds is 6. The third-order valence-corrected chi connectivity index (χ3v) is 2.55. The standard InChI is InChI=1S/C15H23NO/c1-12(2)16-10-6-5-7-14-11-13(3)8-9-15(14)17-4/h5,7-9,11-12,16H,6,10H2,1-4H3. The Balaban J connectivity index is 2.55. The summed E-state index contributed by atoms with van der Waals surface area (Å²) in [6.07, 6.45) is 5.36. The van der Waals surface area contributed by atoms with Crippen molar-refractivity contribution in [3.63, 3.8) is 0 Å². The fourth-order valence-electron chi connectivity index (χ4n) is 1.65. The fourth-order valence-corrected chi connectivity index (χ4v) is 1.65. The summed E-state index contributed by atoms with van der Waals surface area (Å²) in [6, 6.07) is 6.78. The molecule has 2 heteroatoms. The normalized spacial score (nSPS) is 11.4. The van der Waals surface area contributed by atoms with E-state index in [9.17, 15) is 0 Å². The van der Waals surface area contributed by atoms with Gasteiger partial charge >= 0.3 is 0 Å². The summed E-state index contributed by atoms with van der Waals surface area (Å²) in [5.74, 6) is 0.934. The first-order valence-corrected chi connectivity index (χ1v) is 6.18. The molecule has 0 radical (unpaired) electrons. The Labute approximate surface area is 105 Å². The van der Waals surface area contributed by atoms with Gasteiger partial charge in [0.25, 0.3) is 0 Å². The minimum atomic E-state index is 0.553. The fraction of sp³-hybridized carbons (Fsp3) is 0.467. The van der Waals surface area contributed by atoms with E-state index < -0.39 is 0 Å². The van der Waals surface area contributed by atoms with E-state index in [1.807, 2.05) is 6.07 Å². The van der Waals surface area contributed by atoms with Crippen LogP contribution in [-0.4, -0.2) is 19.7 Å². The second-order valence-electron chi connectivity index (χ2n) is 4.55. The van der Waals surface area contributed by atoms with E-state index in [1.54, 1.807) is 7.11 Å². The van der Waals surface area contributed by atoms with E-state index in [1.165, 1.54) is 5.56 Å². The van der Waals surface area contributed by atoms with Crippen LogP contribution in [0.1, 0.15) is 31.4 Å². The largest absolute Gasteiger partial charge is 0.496 e. The van der Waals surface area contributed by atoms with E-state index in [2.05, 4.69) is 50.4 Å². The van der Waals surface area contributed by atoms with Crippen molar-refractivity contribution in [1.82, 2.24) is 5.32 Å². The minimum absolute atomic E-state index is 0.553. The van der Waals surface area contributed by atoms with E-state index in [0.29, 0.717) is 6.04 Å². The zero-order valence-electron chi connectivity index (χ0n) is 11.3. The maximum atomic E-state index is 5.33. The third kappa shape index (κ3) is 5.05. The van der Waals surface area contributed by atoms with Gasteiger partial charge in [-0.3, -0.25) is 0 Å². The van der Waals surface area contributed by atoms with Crippen molar-refractivity contribution in [2.75, 3.05) is 13.7 Å². The molecule has 0 atom stereocenters. The molecule has 0 fully saturated rings. The van der Waals surface area contributed by atoms with Crippen molar-refractivity contribution >= 4 is 6.08 Å². The molecule has 0 unspecified atom stereocenters. The number of nitrogens with one attached hydrogen (secondary N) is 1. The number of ether oxygens (including phenoxy) is 1. The molecule has 0 heterocycles. The van der Waals surface area contributed by atoms with Crippen molar-refractivity contribution in [2.24, 2.45) is 0 Å². The number of aryl methyl sites for hydroxylation is 1. The van der Waals surface area contributed by atoms with Crippen molar-refractivity contribution in [1.29, 1.82) is 0 Å². The first kappa shape index (κ1) is 13.8. The van der Waals surface area contributed by atoms with Gasteiger partial charge in [-0.05, 0) is 32.0 Å². The van der Waals surface area contributed by atoms with Gasteiger partial charge in [0.15, 0.2) is 0 Å². The lowest BCUT2D eigenvalue weighted by Gasteiger charge is -2.06. The lowest BCUT2D eigenvalue weighted by molar-refractivity contribution is 0.413. The Morgan fingerprint density at radius 3 is 2.76 bits per heavy atom. The highest BCUT2D eigenvalue weighted by Gasteiger charge is 1.98. The highest BCUT2D eigenvalue weighted by Crippen LogP contribution is 2.20. The van der Waals surface area contributed by atoms with Crippen LogP contribution in [-0.2, 0) is 0 Å². The van der Waals surface area contributed by atoms with Gasteiger partial charge in [-0.15, -0.1) is 0 Å². The molecule has 0 spiro atoms. The van der Waals surface area contributed by atoms with Crippen molar-refractivity contribution in [2.45, 2.75) is 33.2 Å². The van der Waals surface area contributed by atoms with Crippen LogP contribution in [0, 0.1) is 6.92 Å². The maximum absolute atomic E-state index is 5.33. The van der Waals surface area contributed by atoms with Crippen LogP contribution >= 0.6 is 0 Å². The minimum Gasteiger partial charge on any atom is -0.496 e. The summed E-state index contributed by atoms with van der Waals surface area (Å²) in [4.78, 5) is 0. The third-order valence-electron chi connectivity index (χ3n) is 2.55. The highest BCUT2D eigenvalue weighted by molar-refractivity contribution is 5.58. The monoisotopic (exact) mass is 233 g/mol. The Morgan fingerprint density at radius 2 is 2.12 bits per heavy atom. The van der Waals surface area contributed by atoms with Gasteiger partial charge < -0.3 is 10.1 Å². The molecular formula is C15H23NO. The molecule has 1 N–H and O–H groups in total. The molecule has 0 aromatic heterocycles. The molecule has 0 amide bonds. The van der Waals surface area contributed by atoms with E-state index in [0.717, 1.165) is 24.3 Å². The number of hydrogen-bond acceptors (Lipinski definition) is 2. The number of benzene rings is 1. The molecule has 0 aliphatic heterocycles. The van der Waals surface area contributed by atoms with Crippen LogP contribution in [0.25, 0.3) is 6.08 Å². The van der Waals surface area contributed by atoms with Crippen LogP contribution in [0.15, 0.2) is 24.3 Å². The quantitative estimate of drug-likeness (QED) is 0.760. The topological polar surface area (TPSA) is 21.3 Å². The van der Waals surface area contributed by atoms with Gasteiger partial charge in [0.05, 0.1) is 7.11 Å². The zero-order chi connectivity index (χ0) is 12.7. The number of hydrogen-bond donors (Lipinski definition) is 1. The summed E-state index contributed by atoms with van der Waals surface area (Å²) in [5.41, 5.74) is 2.41. The second-order valence-corrected chi connectivity index (χ2v) is 4.55. The van der Waals surface area contributed by atoms with Crippen molar-refractivity contribution in [3.05, 3.63) is 35.4 Å². The smallest absolute Gasteiger partial charge is 0.126 e. The van der Waals surface area contributed by atoms with Gasteiger partial charge in [0.2, 0.25) is 0 Å². The van der Waals surface area contributed by atoms with E-state index in [-0.39, 0.29) is 0 Å². The van der Waals surface area contributed by atoms with Crippen LogP contribution < -0.4 is 10.1 Å². The predicted octanol–water partition coefficient (Wildman–Crippen LogP) is 3.40. The van der Waals surface area contributed by atoms with Gasteiger partial charge in [0.1, 0.15) is 5.75 Å². The number of methoxy groups -OCH3 is 1. The van der Waals surface area contributed by atoms with Crippen molar-refractivity contribution < 1.29 is 4.74 Å². The van der Waals surface area contributed by atoms with Crippen LogP contribution in [0.2, 0.25) is 0 Å². The Morgan fingerprint density at radius 1 is 1.35 bits per heavy atom. The van der Waals surface area contributed by atoms with Crippen LogP contribution in [0.5, 0.6) is 5.75 Å². The molecule has 0 bridgehead atoms. The zero-order valence-corrected chi connectivity index (χ0v) is 11.3. The lowest BCUT2D eigenvalue weighted by atomic mass is 10.1. The molecule has 94 valence electrons. The first-order valence-electron chi connectivity index (χ1n) is 6.18. The second kappa shape index (κ2) is 7.13. The molecule has 0 saturated carbocycles. The highest BCUT2D eigenvalue weighted by atomic mass is 16.5. The van der Waals surface area contributed by atoms with E-state index in [4.69, 9.17) is 4.74 Å². The summed E-state index contributed by atoms with van der Waals surface area (Å²) in [6.45, 7) is 7.43. The van der Waals surface area contributed by atoms with E-state index >= 15 is 0 Å². The Hall–Kier alpha value is -1.28. The summed E-state index contributed by atoms with van der Waals surface area (Å²) in [5, 5.41) is 3.39. The summed E-state index contributed by atoms with van der Waals surface area (Å²) < 4.78 is 5.33. The maximum Gasteiger partial charge on any atom is 0.126 e. The van der Waals surface area contributed by atoms with Gasteiger partial charge in [-0.1, -0.05) is 37.6 Å². The molecule has 1 aromatic rings. The molecule has 0 aliphatic carbocycles. The SMILES string of the molecule is COc1ccc(C)cc1C=CCCNC(C)C. The summed E-state index contributed by atoms with van der Waals surface area (Å²) >= 11 is 0.